The molecule has 0 atom stereocenters. The van der Waals surface area contributed by atoms with Gasteiger partial charge in [-0.15, -0.1) is 0 Å². The molecule has 0 radical (unpaired) electrons. The Kier molecular flexibility index (Phi) is 3.40. The van der Waals surface area contributed by atoms with E-state index in [1.54, 1.807) is 6.92 Å². The van der Waals surface area contributed by atoms with Crippen molar-refractivity contribution in [2.45, 2.75) is 13.1 Å². The Morgan fingerprint density at radius 1 is 1.30 bits per heavy atom. The van der Waals surface area contributed by atoms with Crippen molar-refractivity contribution in [3.63, 3.8) is 0 Å². The molecular weight excluding hydrogens is 271 g/mol. The molecule has 4 nitrogen and oxygen atoms in total. The first-order valence-electron chi connectivity index (χ1n) is 5.62. The predicted molar refractivity (Wildman–Crippen MR) is 64.2 cm³/mol. The zero-order chi connectivity index (χ0) is 14.9. The first kappa shape index (κ1) is 13.9. The average molecular weight is 281 g/mol. The van der Waals surface area contributed by atoms with E-state index in [-0.39, 0.29) is 17.2 Å². The van der Waals surface area contributed by atoms with Crippen LogP contribution in [-0.2, 0) is 13.2 Å². The lowest BCUT2D eigenvalue weighted by atomic mass is 10.2. The molecule has 7 heteroatoms. The van der Waals surface area contributed by atoms with Crippen molar-refractivity contribution in [1.29, 1.82) is 5.26 Å². The lowest BCUT2D eigenvalue weighted by Crippen LogP contribution is -2.08. The highest BCUT2D eigenvalue weighted by molar-refractivity contribution is 5.46. The highest BCUT2D eigenvalue weighted by Crippen LogP contribution is 2.38. The van der Waals surface area contributed by atoms with E-state index in [4.69, 9.17) is 10.00 Å². The second-order valence-electron chi connectivity index (χ2n) is 4.10. The Bertz CT molecular complexity index is 683. The van der Waals surface area contributed by atoms with Gasteiger partial charge in [0.25, 0.3) is 0 Å². The van der Waals surface area contributed by atoms with Crippen LogP contribution in [0, 0.1) is 18.3 Å². The summed E-state index contributed by atoms with van der Waals surface area (Å²) < 4.78 is 45.1. The summed E-state index contributed by atoms with van der Waals surface area (Å²) in [6, 6.07) is 6.70. The third-order valence-corrected chi connectivity index (χ3v) is 2.68. The summed E-state index contributed by atoms with van der Waals surface area (Å²) in [5.41, 5.74) is -0.387. The molecule has 0 spiro atoms. The van der Waals surface area contributed by atoms with Crippen molar-refractivity contribution < 1.29 is 17.9 Å². The fourth-order valence-electron chi connectivity index (χ4n) is 1.78. The monoisotopic (exact) mass is 281 g/mol. The van der Waals surface area contributed by atoms with E-state index < -0.39 is 11.7 Å². The van der Waals surface area contributed by atoms with Crippen LogP contribution in [0.5, 0.6) is 11.6 Å². The molecule has 2 aromatic rings. The lowest BCUT2D eigenvalue weighted by molar-refractivity contribution is -0.138. The van der Waals surface area contributed by atoms with Gasteiger partial charge < -0.3 is 4.74 Å². The second-order valence-corrected chi connectivity index (χ2v) is 4.10. The second kappa shape index (κ2) is 4.89. The van der Waals surface area contributed by atoms with Gasteiger partial charge in [0, 0.05) is 7.05 Å². The Morgan fingerprint density at radius 2 is 1.95 bits per heavy atom. The molecule has 1 heterocycles. The van der Waals surface area contributed by atoms with Crippen LogP contribution in [0.4, 0.5) is 13.2 Å². The van der Waals surface area contributed by atoms with E-state index in [0.717, 1.165) is 6.07 Å². The zero-order valence-electron chi connectivity index (χ0n) is 10.7. The van der Waals surface area contributed by atoms with Crippen LogP contribution in [0.2, 0.25) is 0 Å². The Labute approximate surface area is 113 Å². The normalized spacial score (nSPS) is 11.2. The summed E-state index contributed by atoms with van der Waals surface area (Å²) in [5.74, 6) is -0.374. The molecule has 0 aliphatic rings. The van der Waals surface area contributed by atoms with E-state index in [1.165, 1.54) is 29.9 Å². The maximum Gasteiger partial charge on any atom is 0.419 e. The van der Waals surface area contributed by atoms with Crippen molar-refractivity contribution >= 4 is 0 Å². The molecule has 0 N–H and O–H groups in total. The first-order valence-corrected chi connectivity index (χ1v) is 5.62. The van der Waals surface area contributed by atoms with Gasteiger partial charge >= 0.3 is 6.18 Å². The van der Waals surface area contributed by atoms with Crippen molar-refractivity contribution in [2.75, 3.05) is 0 Å². The zero-order valence-corrected chi connectivity index (χ0v) is 10.7. The molecule has 0 amide bonds. The van der Waals surface area contributed by atoms with Crippen LogP contribution in [-0.4, -0.2) is 9.78 Å². The van der Waals surface area contributed by atoms with Gasteiger partial charge in [-0.05, 0) is 19.1 Å². The van der Waals surface area contributed by atoms with Gasteiger partial charge in [0.15, 0.2) is 0 Å². The quantitative estimate of drug-likeness (QED) is 0.847. The van der Waals surface area contributed by atoms with Gasteiger partial charge in [-0.3, -0.25) is 0 Å². The number of nitrogens with zero attached hydrogens (tertiary/aromatic N) is 3. The van der Waals surface area contributed by atoms with Crippen molar-refractivity contribution in [1.82, 2.24) is 9.78 Å². The van der Waals surface area contributed by atoms with E-state index in [2.05, 4.69) is 5.10 Å². The third-order valence-electron chi connectivity index (χ3n) is 2.68. The Hall–Kier alpha value is -2.49. The highest BCUT2D eigenvalue weighted by atomic mass is 19.4. The predicted octanol–water partition coefficient (Wildman–Crippen LogP) is 3.41. The minimum absolute atomic E-state index is 0.0123. The van der Waals surface area contributed by atoms with Crippen LogP contribution in [0.25, 0.3) is 0 Å². The number of hydrogen-bond donors (Lipinski definition) is 0. The van der Waals surface area contributed by atoms with Crippen LogP contribution in [0.1, 0.15) is 16.8 Å². The van der Waals surface area contributed by atoms with Gasteiger partial charge in [0.1, 0.15) is 17.4 Å². The standard InChI is InChI=1S/C13H10F3N3O/c1-8-9(7-17)12(19(2)18-8)20-11-6-4-3-5-10(11)13(14,15)16/h3-6H,1-2H3. The van der Waals surface area contributed by atoms with Crippen LogP contribution < -0.4 is 4.74 Å². The molecule has 0 unspecified atom stereocenters. The molecule has 0 aliphatic heterocycles. The largest absolute Gasteiger partial charge is 0.437 e. The van der Waals surface area contributed by atoms with Crippen LogP contribution in [0.3, 0.4) is 0 Å². The molecule has 0 aliphatic carbocycles. The number of aromatic nitrogens is 2. The maximum atomic E-state index is 12.9. The molecule has 0 saturated heterocycles. The highest BCUT2D eigenvalue weighted by Gasteiger charge is 2.34. The number of nitriles is 1. The number of para-hydroxylation sites is 1. The lowest BCUT2D eigenvalue weighted by Gasteiger charge is -2.13. The maximum absolute atomic E-state index is 12.9. The third kappa shape index (κ3) is 2.45. The molecule has 1 aromatic heterocycles. The topological polar surface area (TPSA) is 50.8 Å². The molecule has 2 rings (SSSR count). The van der Waals surface area contributed by atoms with Crippen LogP contribution in [0.15, 0.2) is 24.3 Å². The number of aryl methyl sites for hydroxylation is 2. The number of ether oxygens (including phenoxy) is 1. The Balaban J connectivity index is 2.50. The van der Waals surface area contributed by atoms with Crippen molar-refractivity contribution in [3.8, 4) is 17.7 Å². The number of halogens is 3. The molecule has 0 bridgehead atoms. The summed E-state index contributed by atoms with van der Waals surface area (Å²) >= 11 is 0. The van der Waals surface area contributed by atoms with Gasteiger partial charge in [-0.2, -0.15) is 23.5 Å². The summed E-state index contributed by atoms with van der Waals surface area (Å²) in [4.78, 5) is 0. The SMILES string of the molecule is Cc1nn(C)c(Oc2ccccc2C(F)(F)F)c1C#N. The number of benzene rings is 1. The van der Waals surface area contributed by atoms with Crippen molar-refractivity contribution in [2.24, 2.45) is 7.05 Å². The molecule has 1 aromatic carbocycles. The fraction of sp³-hybridized carbons (Fsp3) is 0.231. The first-order chi connectivity index (χ1) is 9.34. The molecule has 104 valence electrons. The summed E-state index contributed by atoms with van der Waals surface area (Å²) in [6.45, 7) is 1.58. The molecule has 20 heavy (non-hydrogen) atoms. The summed E-state index contributed by atoms with van der Waals surface area (Å²) in [6.07, 6.45) is -4.53. The number of rotatable bonds is 2. The minimum atomic E-state index is -4.53. The molecule has 0 saturated carbocycles. The van der Waals surface area contributed by atoms with Crippen molar-refractivity contribution in [3.05, 3.63) is 41.1 Å². The van der Waals surface area contributed by atoms with Gasteiger partial charge in [0.2, 0.25) is 5.88 Å². The molecular formula is C13H10F3N3O. The summed E-state index contributed by atoms with van der Waals surface area (Å²) in [7, 11) is 1.50. The average Bonchev–Trinajstić information content (AvgIpc) is 2.63. The van der Waals surface area contributed by atoms with Gasteiger partial charge in [-0.25, -0.2) is 4.68 Å². The summed E-state index contributed by atoms with van der Waals surface area (Å²) in [5, 5.41) is 13.0. The van der Waals surface area contributed by atoms with Gasteiger partial charge in [-0.1, -0.05) is 12.1 Å². The van der Waals surface area contributed by atoms with E-state index >= 15 is 0 Å². The smallest absolute Gasteiger partial charge is 0.419 e. The molecule has 0 fully saturated rings. The van der Waals surface area contributed by atoms with E-state index in [0.29, 0.717) is 5.69 Å². The van der Waals surface area contributed by atoms with E-state index in [1.807, 2.05) is 6.07 Å². The van der Waals surface area contributed by atoms with E-state index in [9.17, 15) is 13.2 Å². The van der Waals surface area contributed by atoms with Gasteiger partial charge in [0.05, 0.1) is 11.3 Å². The number of alkyl halides is 3. The van der Waals surface area contributed by atoms with Crippen LogP contribution >= 0.6 is 0 Å². The Morgan fingerprint density at radius 3 is 2.55 bits per heavy atom. The minimum Gasteiger partial charge on any atom is -0.437 e. The fourth-order valence-corrected chi connectivity index (χ4v) is 1.78. The number of hydrogen-bond acceptors (Lipinski definition) is 3.